The van der Waals surface area contributed by atoms with Crippen LogP contribution in [0.1, 0.15) is 39.5 Å². The van der Waals surface area contributed by atoms with Gasteiger partial charge in [-0.2, -0.15) is 0 Å². The SMILES string of the molecule is CCCNc1cc([N+](=O)[O-])cc(NC2CCCC2C)n1. The molecule has 0 aromatic carbocycles. The van der Waals surface area contributed by atoms with Crippen molar-refractivity contribution in [2.24, 2.45) is 5.92 Å². The van der Waals surface area contributed by atoms with Gasteiger partial charge >= 0.3 is 0 Å². The highest BCUT2D eigenvalue weighted by Gasteiger charge is 2.24. The van der Waals surface area contributed by atoms with Crippen molar-refractivity contribution in [2.45, 2.75) is 45.6 Å². The summed E-state index contributed by atoms with van der Waals surface area (Å²) in [7, 11) is 0. The van der Waals surface area contributed by atoms with Gasteiger partial charge in [-0.05, 0) is 25.2 Å². The second-order valence-electron chi connectivity index (χ2n) is 5.44. The quantitative estimate of drug-likeness (QED) is 0.615. The van der Waals surface area contributed by atoms with E-state index < -0.39 is 0 Å². The molecular formula is C14H22N4O2. The highest BCUT2D eigenvalue weighted by molar-refractivity contribution is 5.55. The number of hydrogen-bond donors (Lipinski definition) is 2. The van der Waals surface area contributed by atoms with Crippen LogP contribution in [0.25, 0.3) is 0 Å². The first-order chi connectivity index (χ1) is 9.60. The van der Waals surface area contributed by atoms with Crippen LogP contribution in [-0.4, -0.2) is 22.5 Å². The van der Waals surface area contributed by atoms with Crippen molar-refractivity contribution in [3.8, 4) is 0 Å². The summed E-state index contributed by atoms with van der Waals surface area (Å²) in [4.78, 5) is 15.1. The van der Waals surface area contributed by atoms with Crippen LogP contribution in [-0.2, 0) is 0 Å². The summed E-state index contributed by atoms with van der Waals surface area (Å²) in [6.07, 6.45) is 4.46. The van der Waals surface area contributed by atoms with Gasteiger partial charge in [0.05, 0.1) is 17.1 Å². The Labute approximate surface area is 119 Å². The zero-order valence-corrected chi connectivity index (χ0v) is 12.1. The lowest BCUT2D eigenvalue weighted by Crippen LogP contribution is -2.22. The number of hydrogen-bond acceptors (Lipinski definition) is 5. The van der Waals surface area contributed by atoms with Crippen LogP contribution in [0.3, 0.4) is 0 Å². The molecule has 2 rings (SSSR count). The number of nitrogens with one attached hydrogen (secondary N) is 2. The molecule has 20 heavy (non-hydrogen) atoms. The first-order valence-corrected chi connectivity index (χ1v) is 7.27. The van der Waals surface area contributed by atoms with Crippen molar-refractivity contribution in [1.82, 2.24) is 4.98 Å². The minimum absolute atomic E-state index is 0.0757. The molecule has 1 saturated carbocycles. The Morgan fingerprint density at radius 1 is 1.40 bits per heavy atom. The van der Waals surface area contributed by atoms with Crippen LogP contribution in [0.4, 0.5) is 17.3 Å². The standard InChI is InChI=1S/C14H22N4O2/c1-3-7-15-13-8-11(18(19)20)9-14(17-13)16-12-6-4-5-10(12)2/h8-10,12H,3-7H2,1-2H3,(H2,15,16,17). The van der Waals surface area contributed by atoms with Crippen LogP contribution in [0, 0.1) is 16.0 Å². The molecular weight excluding hydrogens is 256 g/mol. The molecule has 1 heterocycles. The minimum atomic E-state index is -0.373. The maximum atomic E-state index is 11.0. The van der Waals surface area contributed by atoms with E-state index in [1.807, 2.05) is 6.92 Å². The maximum absolute atomic E-state index is 11.0. The molecule has 2 N–H and O–H groups in total. The largest absolute Gasteiger partial charge is 0.370 e. The second-order valence-corrected chi connectivity index (χ2v) is 5.44. The van der Waals surface area contributed by atoms with E-state index >= 15 is 0 Å². The molecule has 0 radical (unpaired) electrons. The highest BCUT2D eigenvalue weighted by atomic mass is 16.6. The first kappa shape index (κ1) is 14.6. The summed E-state index contributed by atoms with van der Waals surface area (Å²) in [6, 6.07) is 3.37. The number of pyridine rings is 1. The van der Waals surface area contributed by atoms with Gasteiger partial charge < -0.3 is 10.6 Å². The van der Waals surface area contributed by atoms with Crippen molar-refractivity contribution in [1.29, 1.82) is 0 Å². The van der Waals surface area contributed by atoms with E-state index in [9.17, 15) is 10.1 Å². The molecule has 6 heteroatoms. The molecule has 1 aliphatic carbocycles. The number of nitro groups is 1. The lowest BCUT2D eigenvalue weighted by molar-refractivity contribution is -0.384. The molecule has 1 aliphatic rings. The summed E-state index contributed by atoms with van der Waals surface area (Å²) >= 11 is 0. The van der Waals surface area contributed by atoms with Gasteiger partial charge in [0.1, 0.15) is 11.6 Å². The molecule has 0 bridgehead atoms. The molecule has 2 unspecified atom stereocenters. The molecule has 0 aliphatic heterocycles. The van der Waals surface area contributed by atoms with E-state index in [1.165, 1.54) is 25.0 Å². The van der Waals surface area contributed by atoms with Gasteiger partial charge in [0.25, 0.3) is 5.69 Å². The Morgan fingerprint density at radius 3 is 2.75 bits per heavy atom. The van der Waals surface area contributed by atoms with E-state index in [-0.39, 0.29) is 10.6 Å². The van der Waals surface area contributed by atoms with Crippen molar-refractivity contribution in [3.63, 3.8) is 0 Å². The predicted octanol–water partition coefficient (Wildman–Crippen LogP) is 3.41. The Morgan fingerprint density at radius 2 is 2.15 bits per heavy atom. The molecule has 1 aromatic rings. The summed E-state index contributed by atoms with van der Waals surface area (Å²) in [5.41, 5.74) is 0.0757. The van der Waals surface area contributed by atoms with Crippen LogP contribution >= 0.6 is 0 Å². The fourth-order valence-electron chi connectivity index (χ4n) is 2.59. The van der Waals surface area contributed by atoms with Crippen molar-refractivity contribution in [3.05, 3.63) is 22.2 Å². The summed E-state index contributed by atoms with van der Waals surface area (Å²) < 4.78 is 0. The van der Waals surface area contributed by atoms with Gasteiger partial charge in [-0.25, -0.2) is 4.98 Å². The number of rotatable bonds is 6. The Balaban J connectivity index is 2.17. The van der Waals surface area contributed by atoms with Gasteiger partial charge in [-0.15, -0.1) is 0 Å². The zero-order chi connectivity index (χ0) is 14.5. The lowest BCUT2D eigenvalue weighted by atomic mass is 10.1. The third-order valence-electron chi connectivity index (χ3n) is 3.77. The average Bonchev–Trinajstić information content (AvgIpc) is 2.81. The zero-order valence-electron chi connectivity index (χ0n) is 12.1. The topological polar surface area (TPSA) is 80.1 Å². The Hall–Kier alpha value is -1.85. The number of nitrogens with zero attached hydrogens (tertiary/aromatic N) is 2. The average molecular weight is 278 g/mol. The molecule has 0 spiro atoms. The van der Waals surface area contributed by atoms with Crippen LogP contribution in [0.5, 0.6) is 0 Å². The molecule has 2 atom stereocenters. The van der Waals surface area contributed by atoms with Gasteiger partial charge in [-0.1, -0.05) is 20.3 Å². The summed E-state index contributed by atoms with van der Waals surface area (Å²) in [5, 5.41) is 17.5. The van der Waals surface area contributed by atoms with E-state index in [0.717, 1.165) is 19.4 Å². The highest BCUT2D eigenvalue weighted by Crippen LogP contribution is 2.29. The lowest BCUT2D eigenvalue weighted by Gasteiger charge is -2.18. The summed E-state index contributed by atoms with van der Waals surface area (Å²) in [6.45, 7) is 5.01. The molecule has 6 nitrogen and oxygen atoms in total. The first-order valence-electron chi connectivity index (χ1n) is 7.27. The van der Waals surface area contributed by atoms with Crippen LogP contribution in [0.2, 0.25) is 0 Å². The van der Waals surface area contributed by atoms with E-state index in [2.05, 4.69) is 22.5 Å². The van der Waals surface area contributed by atoms with E-state index in [4.69, 9.17) is 0 Å². The van der Waals surface area contributed by atoms with Gasteiger partial charge in [0.2, 0.25) is 0 Å². The fraction of sp³-hybridized carbons (Fsp3) is 0.643. The van der Waals surface area contributed by atoms with Gasteiger partial charge in [-0.3, -0.25) is 10.1 Å². The van der Waals surface area contributed by atoms with Crippen LogP contribution < -0.4 is 10.6 Å². The smallest absolute Gasteiger partial charge is 0.276 e. The fourth-order valence-corrected chi connectivity index (χ4v) is 2.59. The monoisotopic (exact) mass is 278 g/mol. The van der Waals surface area contributed by atoms with E-state index in [0.29, 0.717) is 23.6 Å². The van der Waals surface area contributed by atoms with Gasteiger partial charge in [0.15, 0.2) is 0 Å². The Kier molecular flexibility index (Phi) is 4.76. The predicted molar refractivity (Wildman–Crippen MR) is 80.1 cm³/mol. The van der Waals surface area contributed by atoms with Crippen molar-refractivity contribution in [2.75, 3.05) is 17.2 Å². The van der Waals surface area contributed by atoms with Crippen LogP contribution in [0.15, 0.2) is 12.1 Å². The maximum Gasteiger partial charge on any atom is 0.276 e. The minimum Gasteiger partial charge on any atom is -0.370 e. The van der Waals surface area contributed by atoms with Crippen molar-refractivity contribution >= 4 is 17.3 Å². The molecule has 1 aromatic heterocycles. The summed E-state index contributed by atoms with van der Waals surface area (Å²) in [5.74, 6) is 1.74. The van der Waals surface area contributed by atoms with Crippen molar-refractivity contribution < 1.29 is 4.92 Å². The third-order valence-corrected chi connectivity index (χ3v) is 3.77. The Bertz CT molecular complexity index is 478. The molecule has 0 saturated heterocycles. The molecule has 110 valence electrons. The normalized spacial score (nSPS) is 21.7. The second kappa shape index (κ2) is 6.54. The third kappa shape index (κ3) is 3.59. The number of aromatic nitrogens is 1. The van der Waals surface area contributed by atoms with Gasteiger partial charge in [0, 0.05) is 12.6 Å². The molecule has 1 fully saturated rings. The molecule has 0 amide bonds. The number of anilines is 2. The van der Waals surface area contributed by atoms with E-state index in [1.54, 1.807) is 0 Å².